The predicted molar refractivity (Wildman–Crippen MR) is 76.9 cm³/mol. The van der Waals surface area contributed by atoms with Crippen molar-refractivity contribution in [3.05, 3.63) is 33.8 Å². The minimum Gasteiger partial charge on any atom is -0.369 e. The highest BCUT2D eigenvalue weighted by molar-refractivity contribution is 6.31. The maximum absolute atomic E-state index is 6.31. The molecule has 0 saturated carbocycles. The van der Waals surface area contributed by atoms with Crippen molar-refractivity contribution in [1.29, 1.82) is 0 Å². The Labute approximate surface area is 119 Å². The van der Waals surface area contributed by atoms with E-state index in [-0.39, 0.29) is 18.0 Å². The number of halogens is 2. The maximum Gasteiger partial charge on any atom is 0.0863 e. The number of aryl methyl sites for hydroxylation is 1. The first-order chi connectivity index (χ1) is 8.15. The number of fused-ring (bicyclic) bond motifs is 3. The summed E-state index contributed by atoms with van der Waals surface area (Å²) < 4.78 is 6.05. The molecule has 18 heavy (non-hydrogen) atoms. The monoisotopic (exact) mass is 287 g/mol. The van der Waals surface area contributed by atoms with E-state index in [0.717, 1.165) is 24.5 Å². The smallest absolute Gasteiger partial charge is 0.0863 e. The molecule has 1 N–H and O–H groups in total. The summed E-state index contributed by atoms with van der Waals surface area (Å²) in [7, 11) is 0. The number of rotatable bonds is 1. The Morgan fingerprint density at radius 3 is 3.00 bits per heavy atom. The average molecular weight is 288 g/mol. The lowest BCUT2D eigenvalue weighted by molar-refractivity contribution is -0.0519. The van der Waals surface area contributed by atoms with Crippen molar-refractivity contribution in [1.82, 2.24) is 5.32 Å². The summed E-state index contributed by atoms with van der Waals surface area (Å²) in [4.78, 5) is 0. The Morgan fingerprint density at radius 1 is 1.50 bits per heavy atom. The lowest BCUT2D eigenvalue weighted by atomic mass is 9.78. The third-order valence-corrected chi connectivity index (χ3v) is 4.58. The highest BCUT2D eigenvalue weighted by Crippen LogP contribution is 2.44. The molecule has 2 unspecified atom stereocenters. The predicted octanol–water partition coefficient (Wildman–Crippen LogP) is 3.30. The van der Waals surface area contributed by atoms with E-state index >= 15 is 0 Å². The fourth-order valence-corrected chi connectivity index (χ4v) is 3.39. The molecule has 2 aliphatic heterocycles. The van der Waals surface area contributed by atoms with Crippen molar-refractivity contribution < 1.29 is 4.74 Å². The minimum absolute atomic E-state index is 0. The molecule has 0 aromatic heterocycles. The number of hydrogen-bond donors (Lipinski definition) is 1. The standard InChI is InChI=1S/C14H18ClNO.ClH/c1-3-9-4-5-12(15)10-7-17-14(2)8-16-6-11(14)13(9)10;/h4-5,11,16H,3,6-8H2,1-2H3;1H. The van der Waals surface area contributed by atoms with Gasteiger partial charge in [0.1, 0.15) is 0 Å². The molecule has 100 valence electrons. The molecule has 0 spiro atoms. The lowest BCUT2D eigenvalue weighted by Crippen LogP contribution is -2.40. The topological polar surface area (TPSA) is 21.3 Å². The molecule has 2 aliphatic rings. The maximum atomic E-state index is 6.31. The molecule has 1 fully saturated rings. The van der Waals surface area contributed by atoms with Crippen molar-refractivity contribution in [3.63, 3.8) is 0 Å². The van der Waals surface area contributed by atoms with Crippen molar-refractivity contribution in [2.24, 2.45) is 0 Å². The SMILES string of the molecule is CCc1ccc(Cl)c2c1C1CNCC1(C)OC2.Cl. The molecule has 4 heteroatoms. The molecule has 2 nitrogen and oxygen atoms in total. The van der Waals surface area contributed by atoms with Gasteiger partial charge in [0.2, 0.25) is 0 Å². The molecule has 2 heterocycles. The zero-order valence-electron chi connectivity index (χ0n) is 10.8. The highest BCUT2D eigenvalue weighted by Gasteiger charge is 2.45. The number of nitrogens with one attached hydrogen (secondary N) is 1. The van der Waals surface area contributed by atoms with Gasteiger partial charge in [0, 0.05) is 29.6 Å². The van der Waals surface area contributed by atoms with Gasteiger partial charge in [-0.2, -0.15) is 0 Å². The third kappa shape index (κ3) is 1.96. The minimum atomic E-state index is -0.0540. The molecule has 3 rings (SSSR count). The summed E-state index contributed by atoms with van der Waals surface area (Å²) in [6.45, 7) is 7.00. The Kier molecular flexibility index (Phi) is 3.93. The van der Waals surface area contributed by atoms with Gasteiger partial charge in [-0.05, 0) is 30.5 Å². The summed E-state index contributed by atoms with van der Waals surface area (Å²) in [5, 5.41) is 4.30. The molecule has 2 atom stereocenters. The van der Waals surface area contributed by atoms with E-state index in [0.29, 0.717) is 12.5 Å². The molecule has 1 aromatic rings. The summed E-state index contributed by atoms with van der Waals surface area (Å²) >= 11 is 6.31. The number of hydrogen-bond acceptors (Lipinski definition) is 2. The van der Waals surface area contributed by atoms with Crippen LogP contribution in [-0.4, -0.2) is 18.7 Å². The van der Waals surface area contributed by atoms with E-state index < -0.39 is 0 Å². The molecule has 0 bridgehead atoms. The van der Waals surface area contributed by atoms with Gasteiger partial charge in [0.05, 0.1) is 12.2 Å². The van der Waals surface area contributed by atoms with E-state index in [1.165, 1.54) is 16.7 Å². The van der Waals surface area contributed by atoms with Crippen LogP contribution < -0.4 is 5.32 Å². The normalized spacial score (nSPS) is 29.4. The van der Waals surface area contributed by atoms with Crippen LogP contribution in [0.2, 0.25) is 5.02 Å². The first-order valence-corrected chi connectivity index (χ1v) is 6.68. The second kappa shape index (κ2) is 5.01. The van der Waals surface area contributed by atoms with Crippen LogP contribution in [0.25, 0.3) is 0 Å². The van der Waals surface area contributed by atoms with Crippen LogP contribution in [0.1, 0.15) is 36.5 Å². The molecule has 0 radical (unpaired) electrons. The van der Waals surface area contributed by atoms with Gasteiger partial charge < -0.3 is 10.1 Å². The first kappa shape index (κ1) is 14.1. The summed E-state index contributed by atoms with van der Waals surface area (Å²) in [5.74, 6) is 0.444. The highest BCUT2D eigenvalue weighted by atomic mass is 35.5. The zero-order valence-corrected chi connectivity index (χ0v) is 12.3. The molecule has 1 aromatic carbocycles. The Hall–Kier alpha value is -0.280. The molecular weight excluding hydrogens is 269 g/mol. The molecule has 0 amide bonds. The van der Waals surface area contributed by atoms with Crippen LogP contribution in [-0.2, 0) is 17.8 Å². The van der Waals surface area contributed by atoms with Crippen LogP contribution >= 0.6 is 24.0 Å². The quantitative estimate of drug-likeness (QED) is 0.856. The second-order valence-corrected chi connectivity index (χ2v) is 5.64. The van der Waals surface area contributed by atoms with Gasteiger partial charge in [-0.15, -0.1) is 12.4 Å². The summed E-state index contributed by atoms with van der Waals surface area (Å²) in [5.41, 5.74) is 4.02. The van der Waals surface area contributed by atoms with E-state index in [1.54, 1.807) is 0 Å². The van der Waals surface area contributed by atoms with Crippen LogP contribution in [0, 0.1) is 0 Å². The van der Waals surface area contributed by atoms with Gasteiger partial charge in [0.15, 0.2) is 0 Å². The van der Waals surface area contributed by atoms with Crippen LogP contribution in [0.3, 0.4) is 0 Å². The molecule has 1 saturated heterocycles. The summed E-state index contributed by atoms with van der Waals surface area (Å²) in [6.07, 6.45) is 1.06. The fourth-order valence-electron chi connectivity index (χ4n) is 3.18. The largest absolute Gasteiger partial charge is 0.369 e. The molecular formula is C14H19Cl2NO. The summed E-state index contributed by atoms with van der Waals surface area (Å²) in [6, 6.07) is 4.18. The zero-order chi connectivity index (χ0) is 12.0. The van der Waals surface area contributed by atoms with Gasteiger partial charge >= 0.3 is 0 Å². The van der Waals surface area contributed by atoms with Crippen molar-refractivity contribution >= 4 is 24.0 Å². The van der Waals surface area contributed by atoms with E-state index in [1.807, 2.05) is 6.07 Å². The van der Waals surface area contributed by atoms with Crippen LogP contribution in [0.4, 0.5) is 0 Å². The Balaban J connectivity index is 0.00000120. The third-order valence-electron chi connectivity index (χ3n) is 4.23. The van der Waals surface area contributed by atoms with E-state index in [9.17, 15) is 0 Å². The average Bonchev–Trinajstić information content (AvgIpc) is 2.71. The van der Waals surface area contributed by atoms with Gasteiger partial charge in [0.25, 0.3) is 0 Å². The fraction of sp³-hybridized carbons (Fsp3) is 0.571. The molecule has 0 aliphatic carbocycles. The van der Waals surface area contributed by atoms with Crippen molar-refractivity contribution in [2.75, 3.05) is 13.1 Å². The van der Waals surface area contributed by atoms with Crippen molar-refractivity contribution in [2.45, 2.75) is 38.4 Å². The number of benzene rings is 1. The van der Waals surface area contributed by atoms with Gasteiger partial charge in [-0.3, -0.25) is 0 Å². The first-order valence-electron chi connectivity index (χ1n) is 6.30. The Morgan fingerprint density at radius 2 is 2.28 bits per heavy atom. The van der Waals surface area contributed by atoms with Gasteiger partial charge in [-0.25, -0.2) is 0 Å². The Bertz CT molecular complexity index is 463. The van der Waals surface area contributed by atoms with Gasteiger partial charge in [-0.1, -0.05) is 24.6 Å². The van der Waals surface area contributed by atoms with E-state index in [4.69, 9.17) is 16.3 Å². The number of ether oxygens (including phenoxy) is 1. The van der Waals surface area contributed by atoms with Crippen LogP contribution in [0.15, 0.2) is 12.1 Å². The van der Waals surface area contributed by atoms with Crippen molar-refractivity contribution in [3.8, 4) is 0 Å². The van der Waals surface area contributed by atoms with Crippen LogP contribution in [0.5, 0.6) is 0 Å². The van der Waals surface area contributed by atoms with E-state index in [2.05, 4.69) is 25.2 Å². The lowest BCUT2D eigenvalue weighted by Gasteiger charge is -2.38. The second-order valence-electron chi connectivity index (χ2n) is 5.24.